The summed E-state index contributed by atoms with van der Waals surface area (Å²) in [5.74, 6) is 0.635. The van der Waals surface area contributed by atoms with Gasteiger partial charge < -0.3 is 10.0 Å². The van der Waals surface area contributed by atoms with Gasteiger partial charge in [0.25, 0.3) is 0 Å². The van der Waals surface area contributed by atoms with Crippen LogP contribution in [-0.2, 0) is 6.42 Å². The zero-order valence-corrected chi connectivity index (χ0v) is 16.5. The van der Waals surface area contributed by atoms with E-state index in [0.717, 1.165) is 53.6 Å². The van der Waals surface area contributed by atoms with Crippen LogP contribution in [0.4, 0.5) is 5.82 Å². The molecule has 2 aliphatic rings. The number of nitrogens with zero attached hydrogens (tertiary/aromatic N) is 3. The summed E-state index contributed by atoms with van der Waals surface area (Å²) in [7, 11) is 0. The minimum atomic E-state index is -0.897. The highest BCUT2D eigenvalue weighted by molar-refractivity contribution is 5.95. The van der Waals surface area contributed by atoms with Crippen molar-refractivity contribution >= 4 is 22.6 Å². The average molecular weight is 387 g/mol. The predicted octanol–water partition coefficient (Wildman–Crippen LogP) is 4.79. The highest BCUT2D eigenvalue weighted by atomic mass is 16.4. The van der Waals surface area contributed by atoms with Crippen molar-refractivity contribution in [2.45, 2.75) is 44.4 Å². The summed E-state index contributed by atoms with van der Waals surface area (Å²) in [6, 6.07) is 10.1. The number of aromatic nitrogens is 2. The molecule has 3 aromatic rings. The molecule has 29 heavy (non-hydrogen) atoms. The topological polar surface area (TPSA) is 66.3 Å². The third-order valence-corrected chi connectivity index (χ3v) is 6.16. The zero-order valence-electron chi connectivity index (χ0n) is 16.5. The Kier molecular flexibility index (Phi) is 4.66. The fourth-order valence-electron chi connectivity index (χ4n) is 4.42. The molecule has 0 atom stereocenters. The SMILES string of the molecule is O=C(O)c1cc(C2CC2)cnc1Cc1cccc2c(N3CCCCC3)nccc12. The van der Waals surface area contributed by atoms with Gasteiger partial charge in [-0.25, -0.2) is 9.78 Å². The molecule has 5 rings (SSSR count). The molecule has 0 spiro atoms. The first-order valence-electron chi connectivity index (χ1n) is 10.5. The van der Waals surface area contributed by atoms with Crippen molar-refractivity contribution in [2.24, 2.45) is 0 Å². The molecule has 148 valence electrons. The first-order valence-corrected chi connectivity index (χ1v) is 10.5. The van der Waals surface area contributed by atoms with Gasteiger partial charge in [0.05, 0.1) is 11.3 Å². The van der Waals surface area contributed by atoms with Crippen molar-refractivity contribution in [3.63, 3.8) is 0 Å². The van der Waals surface area contributed by atoms with E-state index < -0.39 is 5.97 Å². The molecule has 1 aromatic carbocycles. The van der Waals surface area contributed by atoms with Crippen molar-refractivity contribution in [3.8, 4) is 0 Å². The van der Waals surface area contributed by atoms with Crippen LogP contribution in [0.1, 0.15) is 65.2 Å². The van der Waals surface area contributed by atoms with Gasteiger partial charge in [0.1, 0.15) is 5.82 Å². The number of carboxylic acid groups (broad SMARTS) is 1. The maximum absolute atomic E-state index is 11.9. The molecular weight excluding hydrogens is 362 g/mol. The van der Waals surface area contributed by atoms with Crippen molar-refractivity contribution < 1.29 is 9.90 Å². The maximum Gasteiger partial charge on any atom is 0.337 e. The molecule has 1 aliphatic heterocycles. The van der Waals surface area contributed by atoms with Crippen LogP contribution in [-0.4, -0.2) is 34.1 Å². The molecule has 0 unspecified atom stereocenters. The van der Waals surface area contributed by atoms with Gasteiger partial charge in [-0.05, 0) is 66.7 Å². The Morgan fingerprint density at radius 3 is 2.66 bits per heavy atom. The molecule has 0 bridgehead atoms. The lowest BCUT2D eigenvalue weighted by atomic mass is 9.98. The molecule has 5 heteroatoms. The highest BCUT2D eigenvalue weighted by Gasteiger charge is 2.26. The second kappa shape index (κ2) is 7.47. The van der Waals surface area contributed by atoms with Gasteiger partial charge in [-0.15, -0.1) is 0 Å². The van der Waals surface area contributed by atoms with Crippen molar-refractivity contribution in [2.75, 3.05) is 18.0 Å². The minimum Gasteiger partial charge on any atom is -0.478 e. The van der Waals surface area contributed by atoms with E-state index in [1.165, 1.54) is 19.3 Å². The number of carboxylic acids is 1. The van der Waals surface area contributed by atoms with Crippen LogP contribution in [0.15, 0.2) is 42.7 Å². The van der Waals surface area contributed by atoms with Crippen LogP contribution in [0, 0.1) is 0 Å². The Balaban J connectivity index is 1.53. The molecule has 0 radical (unpaired) electrons. The second-order valence-corrected chi connectivity index (χ2v) is 8.21. The summed E-state index contributed by atoms with van der Waals surface area (Å²) in [5.41, 5.74) is 3.11. The lowest BCUT2D eigenvalue weighted by Gasteiger charge is -2.28. The molecule has 0 amide bonds. The first-order chi connectivity index (χ1) is 14.2. The van der Waals surface area contributed by atoms with E-state index in [1.54, 1.807) is 0 Å². The van der Waals surface area contributed by atoms with Crippen LogP contribution < -0.4 is 4.90 Å². The predicted molar refractivity (Wildman–Crippen MR) is 114 cm³/mol. The van der Waals surface area contributed by atoms with E-state index >= 15 is 0 Å². The quantitative estimate of drug-likeness (QED) is 0.682. The third-order valence-electron chi connectivity index (χ3n) is 6.16. The first kappa shape index (κ1) is 18.1. The summed E-state index contributed by atoms with van der Waals surface area (Å²) < 4.78 is 0. The van der Waals surface area contributed by atoms with Gasteiger partial charge in [0, 0.05) is 37.3 Å². The van der Waals surface area contributed by atoms with E-state index in [1.807, 2.05) is 30.6 Å². The molecule has 1 N–H and O–H groups in total. The van der Waals surface area contributed by atoms with E-state index in [9.17, 15) is 9.90 Å². The Bertz CT molecular complexity index is 1070. The van der Waals surface area contributed by atoms with Gasteiger partial charge >= 0.3 is 5.97 Å². The van der Waals surface area contributed by atoms with Crippen LogP contribution in [0.2, 0.25) is 0 Å². The summed E-state index contributed by atoms with van der Waals surface area (Å²) in [6.07, 6.45) is 10.2. The number of carbonyl (C=O) groups is 1. The Morgan fingerprint density at radius 2 is 1.90 bits per heavy atom. The van der Waals surface area contributed by atoms with Gasteiger partial charge in [-0.3, -0.25) is 4.98 Å². The van der Waals surface area contributed by atoms with Gasteiger partial charge in [0.2, 0.25) is 0 Å². The number of pyridine rings is 2. The lowest BCUT2D eigenvalue weighted by molar-refractivity contribution is 0.0695. The molecule has 1 saturated heterocycles. The average Bonchev–Trinajstić information content (AvgIpc) is 3.60. The summed E-state index contributed by atoms with van der Waals surface area (Å²) in [4.78, 5) is 23.5. The maximum atomic E-state index is 11.9. The van der Waals surface area contributed by atoms with E-state index in [2.05, 4.69) is 27.0 Å². The molecular formula is C24H25N3O2. The molecule has 2 aromatic heterocycles. The van der Waals surface area contributed by atoms with Gasteiger partial charge in [0.15, 0.2) is 0 Å². The number of rotatable bonds is 5. The molecule has 1 saturated carbocycles. The second-order valence-electron chi connectivity index (χ2n) is 8.21. The monoisotopic (exact) mass is 387 g/mol. The zero-order chi connectivity index (χ0) is 19.8. The largest absolute Gasteiger partial charge is 0.478 e. The smallest absolute Gasteiger partial charge is 0.337 e. The Morgan fingerprint density at radius 1 is 1.07 bits per heavy atom. The number of hydrogen-bond donors (Lipinski definition) is 1. The van der Waals surface area contributed by atoms with E-state index in [-0.39, 0.29) is 0 Å². The Hall–Kier alpha value is -2.95. The molecule has 5 nitrogen and oxygen atoms in total. The minimum absolute atomic E-state index is 0.330. The number of benzene rings is 1. The van der Waals surface area contributed by atoms with E-state index in [0.29, 0.717) is 23.6 Å². The standard InChI is InChI=1S/C24H25N3O2/c28-24(29)21-13-18(16-7-8-16)15-26-22(21)14-17-5-4-6-20-19(17)9-10-25-23(20)27-11-2-1-3-12-27/h4-6,9-10,13,15-16H,1-3,7-8,11-12,14H2,(H,28,29). The van der Waals surface area contributed by atoms with Crippen LogP contribution >= 0.6 is 0 Å². The van der Waals surface area contributed by atoms with Crippen LogP contribution in [0.5, 0.6) is 0 Å². The molecule has 3 heterocycles. The number of hydrogen-bond acceptors (Lipinski definition) is 4. The van der Waals surface area contributed by atoms with Crippen LogP contribution in [0.25, 0.3) is 10.8 Å². The number of fused-ring (bicyclic) bond motifs is 1. The number of anilines is 1. The van der Waals surface area contributed by atoms with Crippen molar-refractivity contribution in [1.82, 2.24) is 9.97 Å². The van der Waals surface area contributed by atoms with E-state index in [4.69, 9.17) is 0 Å². The van der Waals surface area contributed by atoms with Crippen molar-refractivity contribution in [3.05, 3.63) is 65.1 Å². The summed E-state index contributed by atoms with van der Waals surface area (Å²) in [5, 5.41) is 12.0. The van der Waals surface area contributed by atoms with Crippen molar-refractivity contribution in [1.29, 1.82) is 0 Å². The Labute approximate surface area is 170 Å². The normalized spacial score (nSPS) is 16.9. The van der Waals surface area contributed by atoms with Crippen LogP contribution in [0.3, 0.4) is 0 Å². The fourth-order valence-corrected chi connectivity index (χ4v) is 4.42. The number of aromatic carboxylic acids is 1. The molecule has 1 aliphatic carbocycles. The number of piperidine rings is 1. The summed E-state index contributed by atoms with van der Waals surface area (Å²) >= 11 is 0. The summed E-state index contributed by atoms with van der Waals surface area (Å²) in [6.45, 7) is 2.09. The fraction of sp³-hybridized carbons (Fsp3) is 0.375. The third kappa shape index (κ3) is 3.57. The lowest BCUT2D eigenvalue weighted by Crippen LogP contribution is -2.30. The molecule has 2 fully saturated rings. The van der Waals surface area contributed by atoms with Gasteiger partial charge in [-0.2, -0.15) is 0 Å². The van der Waals surface area contributed by atoms with Gasteiger partial charge in [-0.1, -0.05) is 18.2 Å². The highest BCUT2D eigenvalue weighted by Crippen LogP contribution is 2.40.